The highest BCUT2D eigenvalue weighted by Crippen LogP contribution is 2.38. The van der Waals surface area contributed by atoms with E-state index < -0.39 is 5.91 Å². The Labute approximate surface area is 197 Å². The first kappa shape index (κ1) is 23.8. The predicted molar refractivity (Wildman–Crippen MR) is 127 cm³/mol. The van der Waals surface area contributed by atoms with Crippen LogP contribution in [-0.4, -0.2) is 12.5 Å². The first-order chi connectivity index (χ1) is 15.9. The highest BCUT2D eigenvalue weighted by Gasteiger charge is 2.15. The van der Waals surface area contributed by atoms with Crippen molar-refractivity contribution in [3.8, 4) is 17.6 Å². The van der Waals surface area contributed by atoms with Gasteiger partial charge in [0.25, 0.3) is 5.91 Å². The molecule has 33 heavy (non-hydrogen) atoms. The molecule has 0 bridgehead atoms. The second-order valence-corrected chi connectivity index (χ2v) is 7.54. The van der Waals surface area contributed by atoms with E-state index in [1.165, 1.54) is 12.1 Å². The third-order valence-corrected chi connectivity index (χ3v) is 4.89. The Kier molecular flexibility index (Phi) is 8.06. The zero-order valence-electron chi connectivity index (χ0n) is 18.2. The Bertz CT molecular complexity index is 1230. The summed E-state index contributed by atoms with van der Waals surface area (Å²) in [5, 5.41) is 12.4. The Morgan fingerprint density at radius 3 is 2.64 bits per heavy atom. The number of nitrogens with zero attached hydrogens (tertiary/aromatic N) is 1. The second-order valence-electron chi connectivity index (χ2n) is 7.14. The lowest BCUT2D eigenvalue weighted by atomic mass is 10.1. The molecule has 0 saturated heterocycles. The van der Waals surface area contributed by atoms with Gasteiger partial charge in [0.15, 0.2) is 11.5 Å². The number of nitriles is 1. The van der Waals surface area contributed by atoms with Gasteiger partial charge < -0.3 is 14.8 Å². The summed E-state index contributed by atoms with van der Waals surface area (Å²) in [6, 6.07) is 18.6. The van der Waals surface area contributed by atoms with Crippen molar-refractivity contribution in [1.82, 2.24) is 0 Å². The number of carbonyl (C=O) groups excluding carboxylic acids is 1. The summed E-state index contributed by atoms with van der Waals surface area (Å²) in [6.07, 6.45) is 1.42. The molecule has 1 N–H and O–H groups in total. The summed E-state index contributed by atoms with van der Waals surface area (Å²) in [4.78, 5) is 12.6. The van der Waals surface area contributed by atoms with Gasteiger partial charge in [-0.3, -0.25) is 4.79 Å². The number of ether oxygens (including phenoxy) is 2. The SMILES string of the molecule is CCOc1cc(/C=C(\C#N)C(=O)Nc2cccc(C)c2)cc(Cl)c1OCc1ccccc1F. The molecular weight excluding hydrogens is 443 g/mol. The molecule has 0 fully saturated rings. The number of hydrogen-bond acceptors (Lipinski definition) is 4. The monoisotopic (exact) mass is 464 g/mol. The van der Waals surface area contributed by atoms with Gasteiger partial charge in [-0.2, -0.15) is 5.26 Å². The number of anilines is 1. The maximum Gasteiger partial charge on any atom is 0.266 e. The smallest absolute Gasteiger partial charge is 0.266 e. The molecule has 1 amide bonds. The number of nitrogens with one attached hydrogen (secondary N) is 1. The van der Waals surface area contributed by atoms with Crippen molar-refractivity contribution in [1.29, 1.82) is 5.26 Å². The number of carbonyl (C=O) groups is 1. The minimum Gasteiger partial charge on any atom is -0.490 e. The summed E-state index contributed by atoms with van der Waals surface area (Å²) >= 11 is 6.42. The van der Waals surface area contributed by atoms with Crippen molar-refractivity contribution in [2.75, 3.05) is 11.9 Å². The third kappa shape index (κ3) is 6.34. The number of amides is 1. The second kappa shape index (κ2) is 11.2. The van der Waals surface area contributed by atoms with E-state index in [-0.39, 0.29) is 28.8 Å². The molecule has 0 aromatic heterocycles. The van der Waals surface area contributed by atoms with E-state index >= 15 is 0 Å². The molecule has 0 unspecified atom stereocenters. The quantitative estimate of drug-likeness (QED) is 0.313. The maximum absolute atomic E-state index is 13.9. The zero-order valence-corrected chi connectivity index (χ0v) is 18.9. The number of benzene rings is 3. The Balaban J connectivity index is 1.86. The third-order valence-electron chi connectivity index (χ3n) is 4.61. The summed E-state index contributed by atoms with van der Waals surface area (Å²) in [6.45, 7) is 4.00. The van der Waals surface area contributed by atoms with Crippen LogP contribution in [0.4, 0.5) is 10.1 Å². The van der Waals surface area contributed by atoms with Crippen molar-refractivity contribution in [3.05, 3.63) is 93.8 Å². The molecule has 3 aromatic rings. The van der Waals surface area contributed by atoms with Crippen molar-refractivity contribution in [2.24, 2.45) is 0 Å². The topological polar surface area (TPSA) is 71.3 Å². The molecule has 5 nitrogen and oxygen atoms in total. The molecule has 0 aliphatic carbocycles. The maximum atomic E-state index is 13.9. The first-order valence-electron chi connectivity index (χ1n) is 10.2. The summed E-state index contributed by atoms with van der Waals surface area (Å²) in [7, 11) is 0. The number of rotatable bonds is 8. The molecule has 168 valence electrons. The molecule has 0 aliphatic rings. The number of aryl methyl sites for hydroxylation is 1. The van der Waals surface area contributed by atoms with Gasteiger partial charge in [0.2, 0.25) is 0 Å². The van der Waals surface area contributed by atoms with Crippen LogP contribution >= 0.6 is 11.6 Å². The van der Waals surface area contributed by atoms with Gasteiger partial charge in [-0.1, -0.05) is 41.9 Å². The lowest BCUT2D eigenvalue weighted by Gasteiger charge is -2.15. The van der Waals surface area contributed by atoms with E-state index in [0.717, 1.165) is 5.56 Å². The molecule has 0 aliphatic heterocycles. The Morgan fingerprint density at radius 2 is 1.94 bits per heavy atom. The number of halogens is 2. The highest BCUT2D eigenvalue weighted by molar-refractivity contribution is 6.32. The lowest BCUT2D eigenvalue weighted by molar-refractivity contribution is -0.112. The fourth-order valence-electron chi connectivity index (χ4n) is 3.08. The average molecular weight is 465 g/mol. The average Bonchev–Trinajstić information content (AvgIpc) is 2.78. The van der Waals surface area contributed by atoms with Gasteiger partial charge >= 0.3 is 0 Å². The van der Waals surface area contributed by atoms with Gasteiger partial charge in [-0.05, 0) is 61.4 Å². The standard InChI is InChI=1S/C26H22ClFN2O3/c1-3-32-24-14-18(12-20(15-29)26(31)30-21-9-6-7-17(2)11-21)13-22(27)25(24)33-16-19-8-4-5-10-23(19)28/h4-14H,3,16H2,1-2H3,(H,30,31)/b20-12+. The molecule has 3 aromatic carbocycles. The Morgan fingerprint density at radius 1 is 1.15 bits per heavy atom. The van der Waals surface area contributed by atoms with Crippen LogP contribution in [0, 0.1) is 24.1 Å². The minimum absolute atomic E-state index is 0.0377. The van der Waals surface area contributed by atoms with Crippen LogP contribution in [-0.2, 0) is 11.4 Å². The van der Waals surface area contributed by atoms with Gasteiger partial charge in [-0.15, -0.1) is 0 Å². The molecule has 3 rings (SSSR count). The van der Waals surface area contributed by atoms with E-state index in [4.69, 9.17) is 21.1 Å². The molecule has 0 heterocycles. The highest BCUT2D eigenvalue weighted by atomic mass is 35.5. The van der Waals surface area contributed by atoms with Crippen LogP contribution in [0.1, 0.15) is 23.6 Å². The summed E-state index contributed by atoms with van der Waals surface area (Å²) in [5.41, 5.74) is 2.33. The van der Waals surface area contributed by atoms with E-state index in [9.17, 15) is 14.4 Å². The van der Waals surface area contributed by atoms with Crippen molar-refractivity contribution >= 4 is 29.3 Å². The summed E-state index contributed by atoms with van der Waals surface area (Å²) in [5.74, 6) is -0.355. The minimum atomic E-state index is -0.544. The van der Waals surface area contributed by atoms with E-state index in [1.807, 2.05) is 25.1 Å². The van der Waals surface area contributed by atoms with Crippen LogP contribution in [0.3, 0.4) is 0 Å². The largest absolute Gasteiger partial charge is 0.490 e. The fourth-order valence-corrected chi connectivity index (χ4v) is 3.35. The normalized spacial score (nSPS) is 10.9. The van der Waals surface area contributed by atoms with Crippen LogP contribution in [0.15, 0.2) is 66.2 Å². The van der Waals surface area contributed by atoms with Crippen molar-refractivity contribution in [2.45, 2.75) is 20.5 Å². The fraction of sp³-hybridized carbons (Fsp3) is 0.154. The number of hydrogen-bond donors (Lipinski definition) is 1. The van der Waals surface area contributed by atoms with Gasteiger partial charge in [0.05, 0.1) is 11.6 Å². The van der Waals surface area contributed by atoms with Crippen LogP contribution < -0.4 is 14.8 Å². The van der Waals surface area contributed by atoms with Crippen molar-refractivity contribution < 1.29 is 18.7 Å². The molecular formula is C26H22ClFN2O3. The molecule has 7 heteroatoms. The Hall–Kier alpha value is -3.82. The molecule has 0 saturated carbocycles. The van der Waals surface area contributed by atoms with Crippen LogP contribution in [0.5, 0.6) is 11.5 Å². The first-order valence-corrected chi connectivity index (χ1v) is 10.6. The van der Waals surface area contributed by atoms with Gasteiger partial charge in [0, 0.05) is 11.3 Å². The van der Waals surface area contributed by atoms with E-state index in [1.54, 1.807) is 49.4 Å². The van der Waals surface area contributed by atoms with Crippen LogP contribution in [0.2, 0.25) is 5.02 Å². The molecule has 0 spiro atoms. The van der Waals surface area contributed by atoms with Gasteiger partial charge in [-0.25, -0.2) is 4.39 Å². The van der Waals surface area contributed by atoms with E-state index in [0.29, 0.717) is 29.2 Å². The zero-order chi connectivity index (χ0) is 23.8. The summed E-state index contributed by atoms with van der Waals surface area (Å²) < 4.78 is 25.3. The molecule has 0 atom stereocenters. The molecule has 0 radical (unpaired) electrons. The van der Waals surface area contributed by atoms with E-state index in [2.05, 4.69) is 5.32 Å². The van der Waals surface area contributed by atoms with Crippen molar-refractivity contribution in [3.63, 3.8) is 0 Å². The van der Waals surface area contributed by atoms with Crippen LogP contribution in [0.25, 0.3) is 6.08 Å². The van der Waals surface area contributed by atoms with Gasteiger partial charge in [0.1, 0.15) is 24.1 Å². The lowest BCUT2D eigenvalue weighted by Crippen LogP contribution is -2.13. The predicted octanol–water partition coefficient (Wildman–Crippen LogP) is 6.31.